The molecule has 0 unspecified atom stereocenters. The molecule has 0 aliphatic carbocycles. The molecule has 2 rings (SSSR count). The normalized spacial score (nSPS) is 9.90. The third kappa shape index (κ3) is 4.51. The van der Waals surface area contributed by atoms with Gasteiger partial charge in [0.1, 0.15) is 30.8 Å². The third-order valence-corrected chi connectivity index (χ3v) is 2.86. The van der Waals surface area contributed by atoms with Crippen molar-refractivity contribution in [3.63, 3.8) is 0 Å². The molecule has 0 amide bonds. The van der Waals surface area contributed by atoms with Crippen LogP contribution in [0.5, 0.6) is 11.5 Å². The van der Waals surface area contributed by atoms with Crippen molar-refractivity contribution in [2.75, 3.05) is 20.3 Å². The third-order valence-electron chi connectivity index (χ3n) is 2.86. The monoisotopic (exact) mass is 283 g/mol. The second-order valence-electron chi connectivity index (χ2n) is 4.39. The molecule has 0 saturated heterocycles. The van der Waals surface area contributed by atoms with Gasteiger partial charge < -0.3 is 14.2 Å². The quantitative estimate of drug-likeness (QED) is 0.732. The highest BCUT2D eigenvalue weighted by Crippen LogP contribution is 2.24. The fraction of sp³-hybridized carbons (Fsp3) is 0.235. The second kappa shape index (κ2) is 7.93. The number of rotatable bonds is 7. The first kappa shape index (κ1) is 14.9. The van der Waals surface area contributed by atoms with Crippen molar-refractivity contribution in [1.29, 1.82) is 5.26 Å². The van der Waals surface area contributed by atoms with Crippen LogP contribution in [0.1, 0.15) is 11.1 Å². The van der Waals surface area contributed by atoms with Crippen LogP contribution in [-0.4, -0.2) is 20.3 Å². The second-order valence-corrected chi connectivity index (χ2v) is 4.39. The Kier molecular flexibility index (Phi) is 5.62. The van der Waals surface area contributed by atoms with E-state index in [1.54, 1.807) is 25.3 Å². The standard InChI is InChI=1S/C17H17NO3/c1-19-9-10-20-16-7-8-17(15(11-16)12-18)21-13-14-5-3-2-4-6-14/h2-8,11H,9-10,13H2,1H3. The molecule has 0 spiro atoms. The fourth-order valence-electron chi connectivity index (χ4n) is 1.79. The molecule has 0 atom stereocenters. The largest absolute Gasteiger partial charge is 0.491 e. The van der Waals surface area contributed by atoms with Gasteiger partial charge in [0.2, 0.25) is 0 Å². The smallest absolute Gasteiger partial charge is 0.137 e. The lowest BCUT2D eigenvalue weighted by molar-refractivity contribution is 0.146. The molecule has 0 aromatic heterocycles. The van der Waals surface area contributed by atoms with E-state index in [4.69, 9.17) is 14.2 Å². The van der Waals surface area contributed by atoms with Gasteiger partial charge in [-0.2, -0.15) is 5.26 Å². The molecule has 0 aliphatic heterocycles. The summed E-state index contributed by atoms with van der Waals surface area (Å²) in [5.41, 5.74) is 1.52. The van der Waals surface area contributed by atoms with E-state index >= 15 is 0 Å². The SMILES string of the molecule is COCCOc1ccc(OCc2ccccc2)c(C#N)c1. The number of ether oxygens (including phenoxy) is 3. The zero-order valence-corrected chi connectivity index (χ0v) is 11.9. The number of hydrogen-bond acceptors (Lipinski definition) is 4. The molecule has 21 heavy (non-hydrogen) atoms. The van der Waals surface area contributed by atoms with Gasteiger partial charge in [-0.1, -0.05) is 30.3 Å². The van der Waals surface area contributed by atoms with Crippen LogP contribution in [0.4, 0.5) is 0 Å². The van der Waals surface area contributed by atoms with E-state index in [9.17, 15) is 5.26 Å². The van der Waals surface area contributed by atoms with Crippen molar-refractivity contribution in [2.45, 2.75) is 6.61 Å². The lowest BCUT2D eigenvalue weighted by atomic mass is 10.2. The average molecular weight is 283 g/mol. The highest BCUT2D eigenvalue weighted by Gasteiger charge is 2.06. The molecule has 2 aromatic carbocycles. The summed E-state index contributed by atoms with van der Waals surface area (Å²) in [6.45, 7) is 1.39. The lowest BCUT2D eigenvalue weighted by Crippen LogP contribution is -2.04. The minimum atomic E-state index is 0.430. The molecular formula is C17H17NO3. The van der Waals surface area contributed by atoms with E-state index in [0.29, 0.717) is 36.9 Å². The molecule has 0 saturated carbocycles. The summed E-state index contributed by atoms with van der Waals surface area (Å²) in [5, 5.41) is 9.20. The molecule has 0 bridgehead atoms. The minimum absolute atomic E-state index is 0.430. The van der Waals surface area contributed by atoms with Crippen molar-refractivity contribution in [2.24, 2.45) is 0 Å². The lowest BCUT2D eigenvalue weighted by Gasteiger charge is -2.10. The topological polar surface area (TPSA) is 51.5 Å². The highest BCUT2D eigenvalue weighted by molar-refractivity contribution is 5.47. The molecule has 0 heterocycles. The maximum Gasteiger partial charge on any atom is 0.137 e. The van der Waals surface area contributed by atoms with Crippen LogP contribution >= 0.6 is 0 Å². The van der Waals surface area contributed by atoms with Gasteiger partial charge in [0.25, 0.3) is 0 Å². The van der Waals surface area contributed by atoms with E-state index < -0.39 is 0 Å². The number of nitrogens with zero attached hydrogens (tertiary/aromatic N) is 1. The zero-order valence-electron chi connectivity index (χ0n) is 11.9. The Labute approximate surface area is 124 Å². The van der Waals surface area contributed by atoms with Crippen molar-refractivity contribution in [1.82, 2.24) is 0 Å². The Morgan fingerprint density at radius 1 is 1.00 bits per heavy atom. The summed E-state index contributed by atoms with van der Waals surface area (Å²) in [4.78, 5) is 0. The van der Waals surface area contributed by atoms with Crippen LogP contribution in [0.15, 0.2) is 48.5 Å². The van der Waals surface area contributed by atoms with Gasteiger partial charge in [-0.25, -0.2) is 0 Å². The van der Waals surface area contributed by atoms with Crippen molar-refractivity contribution >= 4 is 0 Å². The molecular weight excluding hydrogens is 266 g/mol. The predicted molar refractivity (Wildman–Crippen MR) is 79.3 cm³/mol. The first-order valence-corrected chi connectivity index (χ1v) is 6.66. The predicted octanol–water partition coefficient (Wildman–Crippen LogP) is 3.16. The van der Waals surface area contributed by atoms with Gasteiger partial charge in [0, 0.05) is 13.2 Å². The van der Waals surface area contributed by atoms with Crippen LogP contribution in [0.25, 0.3) is 0 Å². The Balaban J connectivity index is 2.01. The van der Waals surface area contributed by atoms with Crippen molar-refractivity contribution in [3.05, 3.63) is 59.7 Å². The van der Waals surface area contributed by atoms with Gasteiger partial charge in [-0.3, -0.25) is 0 Å². The van der Waals surface area contributed by atoms with E-state index in [1.165, 1.54) is 0 Å². The minimum Gasteiger partial charge on any atom is -0.491 e. The molecule has 0 fully saturated rings. The molecule has 0 N–H and O–H groups in total. The van der Waals surface area contributed by atoms with Crippen LogP contribution in [0, 0.1) is 11.3 Å². The van der Waals surface area contributed by atoms with E-state index in [-0.39, 0.29) is 0 Å². The molecule has 4 heteroatoms. The summed E-state index contributed by atoms with van der Waals surface area (Å²) in [5.74, 6) is 1.19. The maximum absolute atomic E-state index is 9.20. The van der Waals surface area contributed by atoms with Crippen LogP contribution in [0.2, 0.25) is 0 Å². The highest BCUT2D eigenvalue weighted by atomic mass is 16.5. The molecule has 0 radical (unpaired) electrons. The first-order valence-electron chi connectivity index (χ1n) is 6.66. The number of nitriles is 1. The van der Waals surface area contributed by atoms with Crippen molar-refractivity contribution in [3.8, 4) is 17.6 Å². The average Bonchev–Trinajstić information content (AvgIpc) is 2.54. The van der Waals surface area contributed by atoms with E-state index in [0.717, 1.165) is 5.56 Å². The number of benzene rings is 2. The molecule has 0 aliphatic rings. The van der Waals surface area contributed by atoms with Gasteiger partial charge in [-0.15, -0.1) is 0 Å². The van der Waals surface area contributed by atoms with Crippen LogP contribution in [0.3, 0.4) is 0 Å². The molecule has 4 nitrogen and oxygen atoms in total. The molecule has 108 valence electrons. The van der Waals surface area contributed by atoms with E-state index in [1.807, 2.05) is 30.3 Å². The summed E-state index contributed by atoms with van der Waals surface area (Å²) >= 11 is 0. The number of hydrogen-bond donors (Lipinski definition) is 0. The molecule has 2 aromatic rings. The first-order chi connectivity index (χ1) is 10.3. The van der Waals surface area contributed by atoms with Gasteiger partial charge in [0.05, 0.1) is 12.2 Å². The summed E-state index contributed by atoms with van der Waals surface area (Å²) in [6, 6.07) is 17.2. The maximum atomic E-state index is 9.20. The van der Waals surface area contributed by atoms with Crippen molar-refractivity contribution < 1.29 is 14.2 Å². The summed E-state index contributed by atoms with van der Waals surface area (Å²) < 4.78 is 16.1. The van der Waals surface area contributed by atoms with Gasteiger partial charge in [0.15, 0.2) is 0 Å². The van der Waals surface area contributed by atoms with E-state index in [2.05, 4.69) is 6.07 Å². The Bertz CT molecular complexity index is 605. The van der Waals surface area contributed by atoms with Gasteiger partial charge in [-0.05, 0) is 17.7 Å². The Hall–Kier alpha value is -2.51. The Morgan fingerprint density at radius 2 is 1.81 bits per heavy atom. The summed E-state index contributed by atoms with van der Waals surface area (Å²) in [7, 11) is 1.62. The summed E-state index contributed by atoms with van der Waals surface area (Å²) in [6.07, 6.45) is 0. The number of methoxy groups -OCH3 is 1. The van der Waals surface area contributed by atoms with Crippen LogP contribution in [-0.2, 0) is 11.3 Å². The van der Waals surface area contributed by atoms with Crippen LogP contribution < -0.4 is 9.47 Å². The Morgan fingerprint density at radius 3 is 2.52 bits per heavy atom. The fourth-order valence-corrected chi connectivity index (χ4v) is 1.79. The zero-order chi connectivity index (χ0) is 14.9. The van der Waals surface area contributed by atoms with Gasteiger partial charge >= 0.3 is 0 Å².